The van der Waals surface area contributed by atoms with Crippen molar-refractivity contribution in [3.05, 3.63) is 33.2 Å². The summed E-state index contributed by atoms with van der Waals surface area (Å²) in [6, 6.07) is 5.44. The van der Waals surface area contributed by atoms with Crippen LogP contribution < -0.4 is 5.56 Å². The summed E-state index contributed by atoms with van der Waals surface area (Å²) in [7, 11) is 0. The molecule has 0 fully saturated rings. The molecule has 4 heteroatoms. The average Bonchev–Trinajstić information content (AvgIpc) is 2.08. The van der Waals surface area contributed by atoms with E-state index in [1.54, 1.807) is 18.3 Å². The quantitative estimate of drug-likeness (QED) is 0.768. The summed E-state index contributed by atoms with van der Waals surface area (Å²) in [5.41, 5.74) is -0.0900. The number of nitrogens with zero attached hydrogens (tertiary/aromatic N) is 2. The van der Waals surface area contributed by atoms with Crippen LogP contribution in [0.3, 0.4) is 0 Å². The van der Waals surface area contributed by atoms with Crippen molar-refractivity contribution in [2.45, 2.75) is 13.0 Å². The summed E-state index contributed by atoms with van der Waals surface area (Å²) in [5.74, 6) is 0. The second-order valence-electron chi connectivity index (χ2n) is 2.26. The maximum absolute atomic E-state index is 11.3. The summed E-state index contributed by atoms with van der Waals surface area (Å²) < 4.78 is 2.04. The maximum atomic E-state index is 11.3. The van der Waals surface area contributed by atoms with E-state index in [4.69, 9.17) is 5.26 Å². The number of hydrogen-bond donors (Lipinski definition) is 0. The van der Waals surface area contributed by atoms with Gasteiger partial charge < -0.3 is 4.57 Å². The first kappa shape index (κ1) is 9.01. The fraction of sp³-hybridized carbons (Fsp3) is 0.250. The molecule has 0 N–H and O–H groups in total. The van der Waals surface area contributed by atoms with E-state index in [9.17, 15) is 4.79 Å². The van der Waals surface area contributed by atoms with Gasteiger partial charge >= 0.3 is 0 Å². The molecule has 0 spiro atoms. The van der Waals surface area contributed by atoms with Gasteiger partial charge in [0, 0.05) is 12.7 Å². The normalized spacial score (nSPS) is 9.33. The number of aryl methyl sites for hydroxylation is 1. The highest BCUT2D eigenvalue weighted by atomic mass is 79.9. The average molecular weight is 227 g/mol. The molecule has 1 rings (SSSR count). The molecular weight excluding hydrogens is 220 g/mol. The lowest BCUT2D eigenvalue weighted by Crippen LogP contribution is -2.19. The van der Waals surface area contributed by atoms with Crippen molar-refractivity contribution < 1.29 is 0 Å². The summed E-state index contributed by atoms with van der Waals surface area (Å²) >= 11 is 3.12. The second kappa shape index (κ2) is 4.07. The summed E-state index contributed by atoms with van der Waals surface area (Å²) in [6.07, 6.45) is 2.03. The Balaban J connectivity index is 2.95. The van der Waals surface area contributed by atoms with E-state index in [-0.39, 0.29) is 5.56 Å². The van der Waals surface area contributed by atoms with Gasteiger partial charge in [0.2, 0.25) is 0 Å². The SMILES string of the molecule is N#CCCn1cccc(Br)c1=O. The van der Waals surface area contributed by atoms with Gasteiger partial charge in [0.1, 0.15) is 0 Å². The molecule has 0 aliphatic heterocycles. The van der Waals surface area contributed by atoms with Crippen LogP contribution in [0.2, 0.25) is 0 Å². The zero-order valence-corrected chi connectivity index (χ0v) is 7.91. The van der Waals surface area contributed by atoms with Crippen LogP contribution in [0.4, 0.5) is 0 Å². The molecule has 0 bridgehead atoms. The topological polar surface area (TPSA) is 45.8 Å². The van der Waals surface area contributed by atoms with Crippen LogP contribution in [0.5, 0.6) is 0 Å². The highest BCUT2D eigenvalue weighted by Gasteiger charge is 1.97. The number of nitriles is 1. The minimum absolute atomic E-state index is 0.0900. The lowest BCUT2D eigenvalue weighted by molar-refractivity contribution is 0.683. The van der Waals surface area contributed by atoms with Crippen molar-refractivity contribution in [3.8, 4) is 6.07 Å². The van der Waals surface area contributed by atoms with Crippen molar-refractivity contribution in [2.24, 2.45) is 0 Å². The number of pyridine rings is 1. The van der Waals surface area contributed by atoms with Gasteiger partial charge in [0.25, 0.3) is 5.56 Å². The van der Waals surface area contributed by atoms with Gasteiger partial charge in [-0.2, -0.15) is 5.26 Å². The number of halogens is 1. The molecule has 0 saturated carbocycles. The molecule has 0 aromatic carbocycles. The van der Waals surface area contributed by atoms with Crippen molar-refractivity contribution in [3.63, 3.8) is 0 Å². The molecule has 3 nitrogen and oxygen atoms in total. The van der Waals surface area contributed by atoms with Crippen LogP contribution in [0.25, 0.3) is 0 Å². The first-order valence-electron chi connectivity index (χ1n) is 3.47. The van der Waals surface area contributed by atoms with Gasteiger partial charge in [-0.05, 0) is 28.1 Å². The van der Waals surface area contributed by atoms with Gasteiger partial charge in [-0.1, -0.05) is 0 Å². The number of rotatable bonds is 2. The summed E-state index contributed by atoms with van der Waals surface area (Å²) in [4.78, 5) is 11.3. The first-order chi connectivity index (χ1) is 5.75. The Labute approximate surface area is 78.4 Å². The number of aromatic nitrogens is 1. The van der Waals surface area contributed by atoms with E-state index in [2.05, 4.69) is 15.9 Å². The fourth-order valence-electron chi connectivity index (χ4n) is 0.854. The van der Waals surface area contributed by atoms with Crippen LogP contribution in [0.15, 0.2) is 27.6 Å². The van der Waals surface area contributed by atoms with E-state index >= 15 is 0 Å². The fourth-order valence-corrected chi connectivity index (χ4v) is 1.23. The minimum atomic E-state index is -0.0900. The van der Waals surface area contributed by atoms with Crippen LogP contribution in [0, 0.1) is 11.3 Å². The van der Waals surface area contributed by atoms with Crippen LogP contribution in [-0.2, 0) is 6.54 Å². The Morgan fingerprint density at radius 2 is 2.42 bits per heavy atom. The smallest absolute Gasteiger partial charge is 0.264 e. The molecule has 0 unspecified atom stereocenters. The Morgan fingerprint density at radius 1 is 1.67 bits per heavy atom. The maximum Gasteiger partial charge on any atom is 0.264 e. The predicted molar refractivity (Wildman–Crippen MR) is 48.6 cm³/mol. The van der Waals surface area contributed by atoms with E-state index in [1.165, 1.54) is 4.57 Å². The Hall–Kier alpha value is -1.08. The standard InChI is InChI=1S/C8H7BrN2O/c9-7-3-1-5-11(8(7)12)6-2-4-10/h1,3,5H,2,6H2. The minimum Gasteiger partial charge on any atom is -0.314 e. The predicted octanol–water partition coefficient (Wildman–Crippen LogP) is 1.52. The molecule has 0 aliphatic carbocycles. The molecular formula is C8H7BrN2O. The lowest BCUT2D eigenvalue weighted by atomic mass is 10.4. The van der Waals surface area contributed by atoms with Gasteiger partial charge in [-0.3, -0.25) is 4.79 Å². The Bertz CT molecular complexity index is 364. The second-order valence-corrected chi connectivity index (χ2v) is 3.12. The third-order valence-corrected chi connectivity index (χ3v) is 2.04. The van der Waals surface area contributed by atoms with Crippen molar-refractivity contribution in [1.29, 1.82) is 5.26 Å². The monoisotopic (exact) mass is 226 g/mol. The largest absolute Gasteiger partial charge is 0.314 e. The number of hydrogen-bond acceptors (Lipinski definition) is 2. The molecule has 1 aromatic heterocycles. The summed E-state index contributed by atoms with van der Waals surface area (Å²) in [5, 5.41) is 8.31. The zero-order chi connectivity index (χ0) is 8.97. The summed E-state index contributed by atoms with van der Waals surface area (Å²) in [6.45, 7) is 0.453. The molecule has 0 amide bonds. The van der Waals surface area contributed by atoms with Crippen LogP contribution in [0.1, 0.15) is 6.42 Å². The molecule has 1 aromatic rings. The zero-order valence-electron chi connectivity index (χ0n) is 6.33. The molecule has 0 radical (unpaired) electrons. The van der Waals surface area contributed by atoms with Gasteiger partial charge in [0.15, 0.2) is 0 Å². The van der Waals surface area contributed by atoms with Crippen LogP contribution >= 0.6 is 15.9 Å². The molecule has 0 saturated heterocycles. The van der Waals surface area contributed by atoms with Crippen LogP contribution in [-0.4, -0.2) is 4.57 Å². The third-order valence-electron chi connectivity index (χ3n) is 1.44. The van der Waals surface area contributed by atoms with Gasteiger partial charge in [-0.25, -0.2) is 0 Å². The molecule has 12 heavy (non-hydrogen) atoms. The Morgan fingerprint density at radius 3 is 3.08 bits per heavy atom. The van der Waals surface area contributed by atoms with E-state index < -0.39 is 0 Å². The van der Waals surface area contributed by atoms with Gasteiger partial charge in [0.05, 0.1) is 17.0 Å². The highest BCUT2D eigenvalue weighted by Crippen LogP contribution is 2.00. The lowest BCUT2D eigenvalue weighted by Gasteiger charge is -2.00. The van der Waals surface area contributed by atoms with E-state index in [1.807, 2.05) is 6.07 Å². The molecule has 62 valence electrons. The highest BCUT2D eigenvalue weighted by molar-refractivity contribution is 9.10. The third kappa shape index (κ3) is 1.95. The van der Waals surface area contributed by atoms with Crippen molar-refractivity contribution >= 4 is 15.9 Å². The molecule has 0 aliphatic rings. The van der Waals surface area contributed by atoms with Crippen molar-refractivity contribution in [1.82, 2.24) is 4.57 Å². The van der Waals surface area contributed by atoms with E-state index in [0.717, 1.165) is 0 Å². The molecule has 1 heterocycles. The Kier molecular flexibility index (Phi) is 3.06. The molecule has 0 atom stereocenters. The van der Waals surface area contributed by atoms with E-state index in [0.29, 0.717) is 17.4 Å². The van der Waals surface area contributed by atoms with Gasteiger partial charge in [-0.15, -0.1) is 0 Å². The first-order valence-corrected chi connectivity index (χ1v) is 4.27. The van der Waals surface area contributed by atoms with Crippen molar-refractivity contribution in [2.75, 3.05) is 0 Å².